The van der Waals surface area contributed by atoms with Gasteiger partial charge in [-0.15, -0.1) is 0 Å². The first-order valence-electron chi connectivity index (χ1n) is 5.04. The molecule has 0 amide bonds. The fourth-order valence-electron chi connectivity index (χ4n) is 1.77. The Hall–Kier alpha value is -1.12. The Morgan fingerprint density at radius 1 is 1.76 bits per heavy atom. The average molecular weight is 261 g/mol. The van der Waals surface area contributed by atoms with Crippen molar-refractivity contribution < 1.29 is 13.7 Å². The van der Waals surface area contributed by atoms with Crippen molar-refractivity contribution in [2.45, 2.75) is 24.0 Å². The maximum absolute atomic E-state index is 12.6. The molecule has 0 bridgehead atoms. The molecule has 1 aromatic rings. The lowest BCUT2D eigenvalue weighted by Crippen LogP contribution is -2.27. The van der Waals surface area contributed by atoms with Gasteiger partial charge in [0.1, 0.15) is 12.0 Å². The van der Waals surface area contributed by atoms with Crippen LogP contribution in [0, 0.1) is 0 Å². The second-order valence-corrected chi connectivity index (χ2v) is 4.50. The molecule has 6 nitrogen and oxygen atoms in total. The smallest absolute Gasteiger partial charge is 0.351 e. The van der Waals surface area contributed by atoms with Gasteiger partial charge in [0.15, 0.2) is 0 Å². The topological polar surface area (TPSA) is 90.4 Å². The van der Waals surface area contributed by atoms with E-state index in [0.717, 1.165) is 0 Å². The van der Waals surface area contributed by atoms with Gasteiger partial charge in [-0.25, -0.2) is 4.79 Å². The minimum absolute atomic E-state index is 0.124. The summed E-state index contributed by atoms with van der Waals surface area (Å²) in [5, 5.41) is 8.54. The highest BCUT2D eigenvalue weighted by Gasteiger charge is 2.37. The molecule has 0 spiro atoms. The molecule has 1 aromatic heterocycles. The first-order chi connectivity index (χ1) is 8.15. The zero-order valence-electron chi connectivity index (χ0n) is 8.82. The standard InChI is InChI=1S/C9H12FN3O3S/c10-17-6-3-8(16-5(6)4-14)13-2-1-7(11)12-9(13)15/h1-2,5-6,8,14H,3-4H2,(H2,11,12,15). The van der Waals surface area contributed by atoms with Gasteiger partial charge in [-0.05, 0) is 6.07 Å². The van der Waals surface area contributed by atoms with Crippen LogP contribution < -0.4 is 11.4 Å². The molecule has 3 atom stereocenters. The van der Waals surface area contributed by atoms with Crippen LogP contribution in [0.25, 0.3) is 0 Å². The molecule has 17 heavy (non-hydrogen) atoms. The molecular weight excluding hydrogens is 249 g/mol. The van der Waals surface area contributed by atoms with Crippen LogP contribution in [-0.4, -0.2) is 32.6 Å². The number of ether oxygens (including phenoxy) is 1. The number of aliphatic hydroxyl groups excluding tert-OH is 1. The lowest BCUT2D eigenvalue weighted by Gasteiger charge is -2.14. The van der Waals surface area contributed by atoms with Crippen LogP contribution in [0.4, 0.5) is 9.70 Å². The summed E-state index contributed by atoms with van der Waals surface area (Å²) in [7, 11) is 0. The number of nitrogens with two attached hydrogens (primary N) is 1. The van der Waals surface area contributed by atoms with Crippen LogP contribution in [0.3, 0.4) is 0 Å². The van der Waals surface area contributed by atoms with E-state index in [4.69, 9.17) is 15.6 Å². The minimum Gasteiger partial charge on any atom is -0.394 e. The van der Waals surface area contributed by atoms with E-state index in [1.807, 2.05) is 0 Å². The Labute approximate surface area is 101 Å². The summed E-state index contributed by atoms with van der Waals surface area (Å²) in [5.41, 5.74) is 4.82. The number of halogens is 1. The summed E-state index contributed by atoms with van der Waals surface area (Å²) in [5.74, 6) is 0.124. The fraction of sp³-hybridized carbons (Fsp3) is 0.556. The van der Waals surface area contributed by atoms with Crippen molar-refractivity contribution in [1.82, 2.24) is 9.55 Å². The molecule has 0 aliphatic carbocycles. The Kier molecular flexibility index (Phi) is 3.65. The van der Waals surface area contributed by atoms with Crippen molar-refractivity contribution in [3.05, 3.63) is 22.7 Å². The molecule has 1 saturated heterocycles. The van der Waals surface area contributed by atoms with Crippen LogP contribution in [0.5, 0.6) is 0 Å². The number of hydrogen-bond acceptors (Lipinski definition) is 6. The third-order valence-corrected chi connectivity index (χ3v) is 3.36. The first-order valence-corrected chi connectivity index (χ1v) is 5.82. The number of aliphatic hydroxyl groups is 1. The lowest BCUT2D eigenvalue weighted by atomic mass is 10.2. The molecule has 0 radical (unpaired) electrons. The van der Waals surface area contributed by atoms with Crippen LogP contribution in [0.1, 0.15) is 12.6 Å². The number of hydrogen-bond donors (Lipinski definition) is 2. The molecule has 2 rings (SSSR count). The third kappa shape index (κ3) is 2.43. The molecule has 3 N–H and O–H groups in total. The maximum atomic E-state index is 12.6. The number of rotatable bonds is 3. The van der Waals surface area contributed by atoms with Gasteiger partial charge in [-0.3, -0.25) is 4.57 Å². The molecule has 8 heteroatoms. The quantitative estimate of drug-likeness (QED) is 0.801. The second kappa shape index (κ2) is 5.03. The molecule has 2 heterocycles. The summed E-state index contributed by atoms with van der Waals surface area (Å²) in [6.45, 7) is -0.283. The summed E-state index contributed by atoms with van der Waals surface area (Å²) in [6.07, 6.45) is 0.535. The number of anilines is 1. The van der Waals surface area contributed by atoms with E-state index in [9.17, 15) is 8.68 Å². The molecule has 1 aliphatic heterocycles. The van der Waals surface area contributed by atoms with E-state index in [0.29, 0.717) is 6.42 Å². The van der Waals surface area contributed by atoms with Crippen LogP contribution in [0.15, 0.2) is 17.1 Å². The Balaban J connectivity index is 2.22. The third-order valence-electron chi connectivity index (χ3n) is 2.64. The monoisotopic (exact) mass is 261 g/mol. The molecule has 1 aliphatic rings. The number of aromatic nitrogens is 2. The molecule has 0 saturated carbocycles. The van der Waals surface area contributed by atoms with Crippen molar-refractivity contribution in [2.75, 3.05) is 12.3 Å². The summed E-state index contributed by atoms with van der Waals surface area (Å²) in [6, 6.07) is 1.47. The van der Waals surface area contributed by atoms with Gasteiger partial charge in [0, 0.05) is 12.6 Å². The number of nitrogens with zero attached hydrogens (tertiary/aromatic N) is 2. The molecule has 0 aromatic carbocycles. The first kappa shape index (κ1) is 12.3. The Morgan fingerprint density at radius 2 is 2.53 bits per heavy atom. The second-order valence-electron chi connectivity index (χ2n) is 3.72. The SMILES string of the molecule is Nc1ccn(C2CC(SF)C(CO)O2)c(=O)n1. The minimum atomic E-state index is -0.612. The summed E-state index contributed by atoms with van der Waals surface area (Å²) in [4.78, 5) is 15.1. The van der Waals surface area contributed by atoms with E-state index in [1.165, 1.54) is 16.8 Å². The maximum Gasteiger partial charge on any atom is 0.351 e. The highest BCUT2D eigenvalue weighted by Crippen LogP contribution is 2.35. The van der Waals surface area contributed by atoms with Crippen molar-refractivity contribution >= 4 is 18.0 Å². The predicted octanol–water partition coefficient (Wildman–Crippen LogP) is 0.0916. The van der Waals surface area contributed by atoms with Crippen LogP contribution in [-0.2, 0) is 4.74 Å². The zero-order chi connectivity index (χ0) is 12.4. The molecule has 3 unspecified atom stereocenters. The summed E-state index contributed by atoms with van der Waals surface area (Å²) >= 11 is 0.127. The summed E-state index contributed by atoms with van der Waals surface area (Å²) < 4.78 is 19.2. The Morgan fingerprint density at radius 3 is 3.06 bits per heavy atom. The van der Waals surface area contributed by atoms with E-state index >= 15 is 0 Å². The van der Waals surface area contributed by atoms with Crippen LogP contribution >= 0.6 is 12.1 Å². The van der Waals surface area contributed by atoms with Gasteiger partial charge in [-0.2, -0.15) is 8.87 Å². The van der Waals surface area contributed by atoms with E-state index in [-0.39, 0.29) is 24.6 Å². The average Bonchev–Trinajstić information content (AvgIpc) is 2.72. The van der Waals surface area contributed by atoms with Gasteiger partial charge in [0.25, 0.3) is 0 Å². The Bertz CT molecular complexity index is 443. The number of nitrogen functional groups attached to an aromatic ring is 1. The zero-order valence-corrected chi connectivity index (χ0v) is 9.64. The normalized spacial score (nSPS) is 28.5. The molecular formula is C9H12FN3O3S. The van der Waals surface area contributed by atoms with Gasteiger partial charge in [0.05, 0.1) is 30.1 Å². The van der Waals surface area contributed by atoms with E-state index < -0.39 is 23.3 Å². The van der Waals surface area contributed by atoms with Crippen molar-refractivity contribution in [2.24, 2.45) is 0 Å². The molecule has 94 valence electrons. The van der Waals surface area contributed by atoms with Crippen LogP contribution in [0.2, 0.25) is 0 Å². The van der Waals surface area contributed by atoms with Gasteiger partial charge < -0.3 is 15.6 Å². The molecule has 1 fully saturated rings. The van der Waals surface area contributed by atoms with E-state index in [2.05, 4.69) is 4.98 Å². The highest BCUT2D eigenvalue weighted by atomic mass is 32.2. The van der Waals surface area contributed by atoms with Crippen molar-refractivity contribution in [3.8, 4) is 0 Å². The van der Waals surface area contributed by atoms with Gasteiger partial charge >= 0.3 is 5.69 Å². The predicted molar refractivity (Wildman–Crippen MR) is 61.0 cm³/mol. The highest BCUT2D eigenvalue weighted by molar-refractivity contribution is 7.95. The van der Waals surface area contributed by atoms with Gasteiger partial charge in [0.2, 0.25) is 0 Å². The lowest BCUT2D eigenvalue weighted by molar-refractivity contribution is -0.0237. The van der Waals surface area contributed by atoms with E-state index in [1.54, 1.807) is 0 Å². The largest absolute Gasteiger partial charge is 0.394 e. The van der Waals surface area contributed by atoms with Gasteiger partial charge in [-0.1, -0.05) is 0 Å². The fourth-order valence-corrected chi connectivity index (χ4v) is 2.28. The van der Waals surface area contributed by atoms with Crippen molar-refractivity contribution in [1.29, 1.82) is 0 Å². The van der Waals surface area contributed by atoms with Crippen molar-refractivity contribution in [3.63, 3.8) is 0 Å².